The molecule has 0 amide bonds. The number of nitrogens with zero attached hydrogens (tertiary/aromatic N) is 2. The summed E-state index contributed by atoms with van der Waals surface area (Å²) in [5.74, 6) is 0.153. The van der Waals surface area contributed by atoms with Gasteiger partial charge in [-0.1, -0.05) is 12.1 Å². The van der Waals surface area contributed by atoms with Crippen molar-refractivity contribution < 1.29 is 14.2 Å². The third-order valence-corrected chi connectivity index (χ3v) is 2.51. The summed E-state index contributed by atoms with van der Waals surface area (Å²) in [5, 5.41) is 14.2. The Morgan fingerprint density at radius 3 is 2.76 bits per heavy atom. The number of methoxy groups -OCH3 is 1. The largest absolute Gasteiger partial charge is 0.481 e. The number of hydrogen-bond donors (Lipinski definition) is 1. The van der Waals surface area contributed by atoms with Gasteiger partial charge in [0.15, 0.2) is 0 Å². The Balaban J connectivity index is 2.33. The highest BCUT2D eigenvalue weighted by Crippen LogP contribution is 2.24. The van der Waals surface area contributed by atoms with E-state index < -0.39 is 6.10 Å². The van der Waals surface area contributed by atoms with E-state index in [9.17, 15) is 9.50 Å². The number of aromatic nitrogens is 2. The van der Waals surface area contributed by atoms with Crippen LogP contribution in [-0.4, -0.2) is 22.0 Å². The molecule has 4 nitrogen and oxygen atoms in total. The molecule has 0 aliphatic heterocycles. The van der Waals surface area contributed by atoms with Crippen LogP contribution in [-0.2, 0) is 7.05 Å². The van der Waals surface area contributed by atoms with Crippen molar-refractivity contribution in [3.05, 3.63) is 47.4 Å². The molecule has 1 aromatic heterocycles. The van der Waals surface area contributed by atoms with Crippen LogP contribution in [0.2, 0.25) is 0 Å². The van der Waals surface area contributed by atoms with E-state index >= 15 is 0 Å². The van der Waals surface area contributed by atoms with E-state index in [-0.39, 0.29) is 5.82 Å². The lowest BCUT2D eigenvalue weighted by Crippen LogP contribution is -2.02. The summed E-state index contributed by atoms with van der Waals surface area (Å²) in [4.78, 5) is 0. The van der Waals surface area contributed by atoms with Crippen LogP contribution in [0.4, 0.5) is 4.39 Å². The highest BCUT2D eigenvalue weighted by Gasteiger charge is 2.16. The molecule has 1 heterocycles. The number of benzene rings is 1. The maximum atomic E-state index is 13.0. The SMILES string of the molecule is COc1cc(C(O)c2cccc(F)c2)nn1C. The number of rotatable bonds is 3. The number of ether oxygens (including phenoxy) is 1. The van der Waals surface area contributed by atoms with Gasteiger partial charge in [0, 0.05) is 13.1 Å². The number of aryl methyl sites for hydroxylation is 1. The van der Waals surface area contributed by atoms with Gasteiger partial charge in [0.2, 0.25) is 5.88 Å². The van der Waals surface area contributed by atoms with Gasteiger partial charge in [-0.15, -0.1) is 0 Å². The van der Waals surface area contributed by atoms with E-state index in [1.807, 2.05) is 0 Å². The average molecular weight is 236 g/mol. The van der Waals surface area contributed by atoms with Crippen LogP contribution < -0.4 is 4.74 Å². The molecule has 0 saturated carbocycles. The predicted octanol–water partition coefficient (Wildman–Crippen LogP) is 1.65. The van der Waals surface area contributed by atoms with Crippen LogP contribution in [0.1, 0.15) is 17.4 Å². The molecule has 0 bridgehead atoms. The molecular formula is C12H13FN2O2. The van der Waals surface area contributed by atoms with Crippen molar-refractivity contribution in [1.29, 1.82) is 0 Å². The molecule has 1 atom stereocenters. The molecule has 0 saturated heterocycles. The first kappa shape index (κ1) is 11.6. The van der Waals surface area contributed by atoms with Crippen molar-refractivity contribution in [2.45, 2.75) is 6.10 Å². The summed E-state index contributed by atoms with van der Waals surface area (Å²) < 4.78 is 19.6. The van der Waals surface area contributed by atoms with Gasteiger partial charge in [0.25, 0.3) is 0 Å². The van der Waals surface area contributed by atoms with Gasteiger partial charge in [-0.05, 0) is 17.7 Å². The first-order valence-corrected chi connectivity index (χ1v) is 5.13. The first-order valence-electron chi connectivity index (χ1n) is 5.13. The molecule has 0 aliphatic carbocycles. The molecular weight excluding hydrogens is 223 g/mol. The van der Waals surface area contributed by atoms with E-state index in [4.69, 9.17) is 4.74 Å². The molecule has 2 rings (SSSR count). The topological polar surface area (TPSA) is 47.3 Å². The number of halogens is 1. The van der Waals surface area contributed by atoms with Crippen LogP contribution >= 0.6 is 0 Å². The quantitative estimate of drug-likeness (QED) is 0.881. The monoisotopic (exact) mass is 236 g/mol. The van der Waals surface area contributed by atoms with Crippen molar-refractivity contribution in [2.24, 2.45) is 7.05 Å². The predicted molar refractivity (Wildman–Crippen MR) is 60.2 cm³/mol. The van der Waals surface area contributed by atoms with E-state index in [1.54, 1.807) is 25.2 Å². The fraction of sp³-hybridized carbons (Fsp3) is 0.250. The first-order chi connectivity index (χ1) is 8.11. The fourth-order valence-corrected chi connectivity index (χ4v) is 1.64. The Kier molecular flexibility index (Phi) is 3.10. The molecule has 1 N–H and O–H groups in total. The third kappa shape index (κ3) is 2.29. The minimum Gasteiger partial charge on any atom is -0.481 e. The lowest BCUT2D eigenvalue weighted by atomic mass is 10.1. The molecule has 0 spiro atoms. The Bertz CT molecular complexity index is 525. The molecule has 17 heavy (non-hydrogen) atoms. The van der Waals surface area contributed by atoms with Gasteiger partial charge in [0.1, 0.15) is 11.9 Å². The van der Waals surface area contributed by atoms with Gasteiger partial charge in [-0.2, -0.15) is 5.10 Å². The number of aliphatic hydroxyl groups is 1. The van der Waals surface area contributed by atoms with E-state index in [0.717, 1.165) is 0 Å². The van der Waals surface area contributed by atoms with E-state index in [1.165, 1.54) is 23.9 Å². The highest BCUT2D eigenvalue weighted by atomic mass is 19.1. The second-order valence-electron chi connectivity index (χ2n) is 3.69. The lowest BCUT2D eigenvalue weighted by Gasteiger charge is -2.07. The molecule has 0 fully saturated rings. The summed E-state index contributed by atoms with van der Waals surface area (Å²) >= 11 is 0. The van der Waals surface area contributed by atoms with Crippen LogP contribution in [0.15, 0.2) is 30.3 Å². The Morgan fingerprint density at radius 2 is 2.18 bits per heavy atom. The fourth-order valence-electron chi connectivity index (χ4n) is 1.64. The van der Waals surface area contributed by atoms with Crippen molar-refractivity contribution in [2.75, 3.05) is 7.11 Å². The summed E-state index contributed by atoms with van der Waals surface area (Å²) in [6, 6.07) is 7.43. The second-order valence-corrected chi connectivity index (χ2v) is 3.69. The third-order valence-electron chi connectivity index (χ3n) is 2.51. The molecule has 1 unspecified atom stereocenters. The maximum Gasteiger partial charge on any atom is 0.211 e. The average Bonchev–Trinajstić information content (AvgIpc) is 2.69. The van der Waals surface area contributed by atoms with Crippen LogP contribution in [0, 0.1) is 5.82 Å². The number of hydrogen-bond acceptors (Lipinski definition) is 3. The molecule has 0 radical (unpaired) electrons. The smallest absolute Gasteiger partial charge is 0.211 e. The van der Waals surface area contributed by atoms with Gasteiger partial charge < -0.3 is 9.84 Å². The molecule has 1 aromatic carbocycles. The van der Waals surface area contributed by atoms with Crippen LogP contribution in [0.5, 0.6) is 5.88 Å². The van der Waals surface area contributed by atoms with Gasteiger partial charge >= 0.3 is 0 Å². The van der Waals surface area contributed by atoms with Gasteiger partial charge in [0.05, 0.1) is 12.8 Å². The van der Waals surface area contributed by atoms with Crippen LogP contribution in [0.3, 0.4) is 0 Å². The Morgan fingerprint density at radius 1 is 1.41 bits per heavy atom. The van der Waals surface area contributed by atoms with Gasteiger partial charge in [-0.25, -0.2) is 9.07 Å². The Labute approximate surface area is 98.3 Å². The molecule has 0 aliphatic rings. The van der Waals surface area contributed by atoms with Gasteiger partial charge in [-0.3, -0.25) is 0 Å². The minimum atomic E-state index is -0.958. The summed E-state index contributed by atoms with van der Waals surface area (Å²) in [6.45, 7) is 0. The Hall–Kier alpha value is -1.88. The van der Waals surface area contributed by atoms with Crippen molar-refractivity contribution >= 4 is 0 Å². The van der Waals surface area contributed by atoms with Crippen molar-refractivity contribution in [3.8, 4) is 5.88 Å². The lowest BCUT2D eigenvalue weighted by molar-refractivity contribution is 0.214. The minimum absolute atomic E-state index is 0.385. The zero-order valence-electron chi connectivity index (χ0n) is 9.59. The summed E-state index contributed by atoms with van der Waals surface area (Å²) in [5.41, 5.74) is 0.890. The molecule has 90 valence electrons. The van der Waals surface area contributed by atoms with Crippen molar-refractivity contribution in [3.63, 3.8) is 0 Å². The molecule has 2 aromatic rings. The maximum absolute atomic E-state index is 13.0. The zero-order valence-corrected chi connectivity index (χ0v) is 9.59. The second kappa shape index (κ2) is 4.55. The van der Waals surface area contributed by atoms with E-state index in [2.05, 4.69) is 5.10 Å². The van der Waals surface area contributed by atoms with E-state index in [0.29, 0.717) is 17.1 Å². The standard InChI is InChI=1S/C12H13FN2O2/c1-15-11(17-2)7-10(14-15)12(16)8-4-3-5-9(13)6-8/h3-7,12,16H,1-2H3. The van der Waals surface area contributed by atoms with Crippen molar-refractivity contribution in [1.82, 2.24) is 9.78 Å². The zero-order chi connectivity index (χ0) is 12.4. The summed E-state index contributed by atoms with van der Waals surface area (Å²) in [6.07, 6.45) is -0.958. The van der Waals surface area contributed by atoms with Crippen LogP contribution in [0.25, 0.3) is 0 Å². The summed E-state index contributed by atoms with van der Waals surface area (Å²) in [7, 11) is 3.23. The molecule has 5 heteroatoms. The number of aliphatic hydroxyl groups excluding tert-OH is 1. The normalized spacial score (nSPS) is 12.5. The highest BCUT2D eigenvalue weighted by molar-refractivity contribution is 5.28.